The third kappa shape index (κ3) is 5.68. The van der Waals surface area contributed by atoms with Crippen molar-refractivity contribution < 1.29 is 0 Å². The molecule has 3 aliphatic rings. The summed E-state index contributed by atoms with van der Waals surface area (Å²) in [6.45, 7) is 18.1. The molecule has 0 amide bonds. The molecule has 0 bridgehead atoms. The molecule has 3 aromatic rings. The molecule has 228 valence electrons. The van der Waals surface area contributed by atoms with Gasteiger partial charge in [-0.2, -0.15) is 0 Å². The molecule has 0 heterocycles. The Kier molecular flexibility index (Phi) is 9.74. The molecular formula is C44H52. The molecule has 6 rings (SSSR count). The third-order valence-corrected chi connectivity index (χ3v) is 9.50. The Morgan fingerprint density at radius 1 is 0.614 bits per heavy atom. The first-order valence-corrected chi connectivity index (χ1v) is 16.2. The molecule has 2 unspecified atom stereocenters. The van der Waals surface area contributed by atoms with Crippen LogP contribution in [0, 0.1) is 16.7 Å². The highest BCUT2D eigenvalue weighted by Crippen LogP contribution is 2.58. The molecule has 0 aliphatic heterocycles. The summed E-state index contributed by atoms with van der Waals surface area (Å²) in [7, 11) is 0. The average Bonchev–Trinajstić information content (AvgIpc) is 3.08. The van der Waals surface area contributed by atoms with Crippen LogP contribution in [0.4, 0.5) is 0 Å². The first-order valence-electron chi connectivity index (χ1n) is 16.2. The SMILES string of the molecule is C.CC.CCC(C)C1=CC2=C(C=CC1(C)C)C1=C(C=CC(C)(C)C=C1)C2(c1ccccc1)c1cccc(-c2ccccc2)c1. The normalized spacial score (nSPS) is 21.6. The standard InChI is InChI=1S/C41H42.C2H6.CH4/c1-7-29(2)37-28-38-35(22-26-40(37,5)6)34-21-24-39(3,4)25-23-36(34)41(38,32-18-12-9-13-19-32)33-20-14-17-31(27-33)30-15-10-8-11-16-30;1-2;/h8-29H,7H2,1-6H3;1-2H3;1H4. The fourth-order valence-electron chi connectivity index (χ4n) is 7.02. The van der Waals surface area contributed by atoms with Crippen molar-refractivity contribution in [2.45, 2.75) is 74.7 Å². The molecule has 0 aromatic heterocycles. The Morgan fingerprint density at radius 2 is 1.16 bits per heavy atom. The maximum absolute atomic E-state index is 2.59. The number of fused-ring (bicyclic) bond motifs is 1. The lowest BCUT2D eigenvalue weighted by molar-refractivity contribution is 0.477. The molecular weight excluding hydrogens is 528 g/mol. The van der Waals surface area contributed by atoms with Crippen molar-refractivity contribution in [2.75, 3.05) is 0 Å². The number of allylic oxidation sites excluding steroid dienone is 12. The van der Waals surface area contributed by atoms with Crippen LogP contribution in [-0.4, -0.2) is 0 Å². The summed E-state index contributed by atoms with van der Waals surface area (Å²) >= 11 is 0. The van der Waals surface area contributed by atoms with Gasteiger partial charge in [-0.15, -0.1) is 0 Å². The first-order chi connectivity index (χ1) is 20.7. The second-order valence-electron chi connectivity index (χ2n) is 13.2. The highest BCUT2D eigenvalue weighted by atomic mass is 14.5. The lowest BCUT2D eigenvalue weighted by atomic mass is 9.64. The summed E-state index contributed by atoms with van der Waals surface area (Å²) < 4.78 is 0. The van der Waals surface area contributed by atoms with Crippen LogP contribution in [0.15, 0.2) is 155 Å². The van der Waals surface area contributed by atoms with Crippen molar-refractivity contribution >= 4 is 0 Å². The molecule has 0 radical (unpaired) electrons. The quantitative estimate of drug-likeness (QED) is 0.281. The fraction of sp³-hybridized carbons (Fsp3) is 0.318. The van der Waals surface area contributed by atoms with E-state index in [4.69, 9.17) is 0 Å². The van der Waals surface area contributed by atoms with Crippen LogP contribution in [0.25, 0.3) is 11.1 Å². The van der Waals surface area contributed by atoms with E-state index < -0.39 is 5.41 Å². The van der Waals surface area contributed by atoms with E-state index in [1.165, 1.54) is 50.1 Å². The molecule has 3 aliphatic carbocycles. The second kappa shape index (κ2) is 13.0. The highest BCUT2D eigenvalue weighted by molar-refractivity contribution is 5.79. The Hall–Kier alpha value is -3.90. The van der Waals surface area contributed by atoms with Crippen LogP contribution in [0.5, 0.6) is 0 Å². The summed E-state index contributed by atoms with van der Waals surface area (Å²) in [5.74, 6) is 0.482. The van der Waals surface area contributed by atoms with E-state index in [0.29, 0.717) is 5.92 Å². The van der Waals surface area contributed by atoms with E-state index >= 15 is 0 Å². The number of benzene rings is 3. The van der Waals surface area contributed by atoms with Gasteiger partial charge in [0.25, 0.3) is 0 Å². The molecule has 0 fully saturated rings. The largest absolute Gasteiger partial charge is 0.0776 e. The smallest absolute Gasteiger partial charge is 0.0713 e. The van der Waals surface area contributed by atoms with Gasteiger partial charge < -0.3 is 0 Å². The Morgan fingerprint density at radius 3 is 1.82 bits per heavy atom. The molecule has 0 N–H and O–H groups in total. The third-order valence-electron chi connectivity index (χ3n) is 9.50. The molecule has 2 atom stereocenters. The van der Waals surface area contributed by atoms with Crippen molar-refractivity contribution in [3.63, 3.8) is 0 Å². The van der Waals surface area contributed by atoms with Gasteiger partial charge in [0.15, 0.2) is 0 Å². The number of hydrogen-bond acceptors (Lipinski definition) is 0. The first kappa shape index (κ1) is 33.0. The van der Waals surface area contributed by atoms with E-state index in [-0.39, 0.29) is 18.3 Å². The summed E-state index contributed by atoms with van der Waals surface area (Å²) in [6.07, 6.45) is 18.2. The van der Waals surface area contributed by atoms with E-state index in [9.17, 15) is 0 Å². The van der Waals surface area contributed by atoms with Crippen LogP contribution < -0.4 is 0 Å². The Labute approximate surface area is 268 Å². The fourth-order valence-corrected chi connectivity index (χ4v) is 7.02. The van der Waals surface area contributed by atoms with Gasteiger partial charge in [-0.3, -0.25) is 0 Å². The second-order valence-corrected chi connectivity index (χ2v) is 13.2. The van der Waals surface area contributed by atoms with Gasteiger partial charge in [-0.1, -0.05) is 190 Å². The van der Waals surface area contributed by atoms with Crippen LogP contribution in [0.1, 0.15) is 80.4 Å². The van der Waals surface area contributed by atoms with Crippen LogP contribution in [0.2, 0.25) is 0 Å². The van der Waals surface area contributed by atoms with E-state index in [1.54, 1.807) is 0 Å². The lowest BCUT2D eigenvalue weighted by Gasteiger charge is -2.37. The number of rotatable bonds is 5. The molecule has 0 heteroatoms. The van der Waals surface area contributed by atoms with Crippen LogP contribution >= 0.6 is 0 Å². The summed E-state index contributed by atoms with van der Waals surface area (Å²) in [5, 5.41) is 0. The summed E-state index contributed by atoms with van der Waals surface area (Å²) in [4.78, 5) is 0. The van der Waals surface area contributed by atoms with Crippen molar-refractivity contribution in [3.8, 4) is 11.1 Å². The van der Waals surface area contributed by atoms with Gasteiger partial charge in [0.1, 0.15) is 0 Å². The number of hydrogen-bond donors (Lipinski definition) is 0. The molecule has 0 saturated heterocycles. The topological polar surface area (TPSA) is 0 Å². The van der Waals surface area contributed by atoms with Crippen molar-refractivity contribution in [3.05, 3.63) is 166 Å². The van der Waals surface area contributed by atoms with Crippen LogP contribution in [0.3, 0.4) is 0 Å². The van der Waals surface area contributed by atoms with Crippen molar-refractivity contribution in [1.82, 2.24) is 0 Å². The predicted molar refractivity (Wildman–Crippen MR) is 194 cm³/mol. The predicted octanol–water partition coefficient (Wildman–Crippen LogP) is 12.6. The lowest BCUT2D eigenvalue weighted by Crippen LogP contribution is -2.31. The minimum atomic E-state index is -0.443. The van der Waals surface area contributed by atoms with Gasteiger partial charge in [-0.05, 0) is 63.0 Å². The highest BCUT2D eigenvalue weighted by Gasteiger charge is 2.48. The van der Waals surface area contributed by atoms with Gasteiger partial charge in [-0.25, -0.2) is 0 Å². The maximum Gasteiger partial charge on any atom is 0.0713 e. The molecule has 3 aromatic carbocycles. The molecule has 44 heavy (non-hydrogen) atoms. The monoisotopic (exact) mass is 580 g/mol. The Balaban J connectivity index is 0.00000144. The average molecular weight is 581 g/mol. The summed E-state index contributed by atoms with van der Waals surface area (Å²) in [5.41, 5.74) is 11.6. The zero-order valence-corrected chi connectivity index (χ0v) is 27.4. The Bertz CT molecular complexity index is 1650. The van der Waals surface area contributed by atoms with Gasteiger partial charge in [0.05, 0.1) is 5.41 Å². The van der Waals surface area contributed by atoms with Gasteiger partial charge in [0, 0.05) is 10.8 Å². The van der Waals surface area contributed by atoms with Crippen LogP contribution in [-0.2, 0) is 5.41 Å². The van der Waals surface area contributed by atoms with E-state index in [2.05, 4.69) is 169 Å². The van der Waals surface area contributed by atoms with Gasteiger partial charge >= 0.3 is 0 Å². The minimum Gasteiger partial charge on any atom is -0.0776 e. The van der Waals surface area contributed by atoms with Crippen molar-refractivity contribution in [1.29, 1.82) is 0 Å². The zero-order valence-electron chi connectivity index (χ0n) is 27.4. The van der Waals surface area contributed by atoms with Gasteiger partial charge in [0.2, 0.25) is 0 Å². The summed E-state index contributed by atoms with van der Waals surface area (Å²) in [6, 6.07) is 31.3. The van der Waals surface area contributed by atoms with E-state index in [0.717, 1.165) is 6.42 Å². The van der Waals surface area contributed by atoms with E-state index in [1.807, 2.05) is 13.8 Å². The molecule has 0 saturated carbocycles. The maximum atomic E-state index is 2.59. The van der Waals surface area contributed by atoms with Crippen molar-refractivity contribution in [2.24, 2.45) is 16.7 Å². The zero-order chi connectivity index (χ0) is 30.8. The minimum absolute atomic E-state index is 0. The molecule has 0 nitrogen and oxygen atoms in total. The molecule has 0 spiro atoms.